The molecule has 2 heterocycles. The monoisotopic (exact) mass is 223 g/mol. The summed E-state index contributed by atoms with van der Waals surface area (Å²) in [4.78, 5) is 11.8. The Hall–Kier alpha value is -1.69. The molecule has 0 spiro atoms. The SMILES string of the molecule is CC(C(=O)O)n1nncc1-c1cccs1. The van der Waals surface area contributed by atoms with Crippen LogP contribution in [0.4, 0.5) is 0 Å². The summed E-state index contributed by atoms with van der Waals surface area (Å²) < 4.78 is 1.41. The quantitative estimate of drug-likeness (QED) is 0.859. The number of thiophene rings is 1. The van der Waals surface area contributed by atoms with E-state index in [0.29, 0.717) is 0 Å². The molecule has 0 bridgehead atoms. The highest BCUT2D eigenvalue weighted by atomic mass is 32.1. The molecule has 15 heavy (non-hydrogen) atoms. The van der Waals surface area contributed by atoms with Gasteiger partial charge in [0, 0.05) is 0 Å². The minimum absolute atomic E-state index is 0.704. The van der Waals surface area contributed by atoms with Gasteiger partial charge in [0.1, 0.15) is 6.04 Å². The zero-order valence-electron chi connectivity index (χ0n) is 7.99. The molecular weight excluding hydrogens is 214 g/mol. The van der Waals surface area contributed by atoms with Crippen LogP contribution in [-0.2, 0) is 4.79 Å². The van der Waals surface area contributed by atoms with E-state index in [-0.39, 0.29) is 0 Å². The minimum atomic E-state index is -0.918. The number of nitrogens with zero attached hydrogens (tertiary/aromatic N) is 3. The number of carbonyl (C=O) groups is 1. The summed E-state index contributed by atoms with van der Waals surface area (Å²) in [7, 11) is 0. The molecule has 2 aromatic heterocycles. The van der Waals surface area contributed by atoms with Gasteiger partial charge in [0.05, 0.1) is 16.8 Å². The lowest BCUT2D eigenvalue weighted by Gasteiger charge is -2.08. The topological polar surface area (TPSA) is 68.0 Å². The summed E-state index contributed by atoms with van der Waals surface area (Å²) >= 11 is 1.53. The first-order valence-corrected chi connectivity index (χ1v) is 5.25. The van der Waals surface area contributed by atoms with Gasteiger partial charge in [-0.05, 0) is 18.4 Å². The first kappa shape index (κ1) is 9.85. The van der Waals surface area contributed by atoms with Crippen LogP contribution >= 0.6 is 11.3 Å². The number of carboxylic acids is 1. The summed E-state index contributed by atoms with van der Waals surface area (Å²) in [5.41, 5.74) is 0.736. The molecule has 0 radical (unpaired) electrons. The second-order valence-corrected chi connectivity index (χ2v) is 4.00. The third-order valence-electron chi connectivity index (χ3n) is 2.07. The second kappa shape index (κ2) is 3.82. The van der Waals surface area contributed by atoms with Crippen LogP contribution in [0.25, 0.3) is 10.6 Å². The normalized spacial score (nSPS) is 12.6. The molecule has 0 fully saturated rings. The first-order chi connectivity index (χ1) is 7.20. The Morgan fingerprint density at radius 1 is 1.67 bits per heavy atom. The number of aliphatic carboxylic acids is 1. The van der Waals surface area contributed by atoms with E-state index in [1.54, 1.807) is 13.1 Å². The van der Waals surface area contributed by atoms with E-state index in [9.17, 15) is 4.79 Å². The molecule has 0 aromatic carbocycles. The maximum atomic E-state index is 10.8. The third-order valence-corrected chi connectivity index (χ3v) is 2.97. The van der Waals surface area contributed by atoms with Crippen molar-refractivity contribution in [2.75, 3.05) is 0 Å². The van der Waals surface area contributed by atoms with E-state index in [1.165, 1.54) is 16.0 Å². The molecule has 0 saturated carbocycles. The van der Waals surface area contributed by atoms with Crippen molar-refractivity contribution in [2.45, 2.75) is 13.0 Å². The van der Waals surface area contributed by atoms with Crippen molar-refractivity contribution >= 4 is 17.3 Å². The number of hydrogen-bond acceptors (Lipinski definition) is 4. The van der Waals surface area contributed by atoms with Crippen LogP contribution in [0.1, 0.15) is 13.0 Å². The van der Waals surface area contributed by atoms with Gasteiger partial charge >= 0.3 is 5.97 Å². The van der Waals surface area contributed by atoms with Crippen LogP contribution in [0.5, 0.6) is 0 Å². The average molecular weight is 223 g/mol. The second-order valence-electron chi connectivity index (χ2n) is 3.06. The van der Waals surface area contributed by atoms with E-state index in [4.69, 9.17) is 5.11 Å². The summed E-state index contributed by atoms with van der Waals surface area (Å²) in [6, 6.07) is 3.11. The van der Waals surface area contributed by atoms with Gasteiger partial charge in [0.25, 0.3) is 0 Å². The lowest BCUT2D eigenvalue weighted by atomic mass is 10.3. The van der Waals surface area contributed by atoms with Crippen molar-refractivity contribution in [2.24, 2.45) is 0 Å². The fraction of sp³-hybridized carbons (Fsp3) is 0.222. The summed E-state index contributed by atoms with van der Waals surface area (Å²) in [6.07, 6.45) is 1.57. The predicted octanol–water partition coefficient (Wildman–Crippen LogP) is 1.65. The van der Waals surface area contributed by atoms with Crippen LogP contribution in [-0.4, -0.2) is 26.1 Å². The minimum Gasteiger partial charge on any atom is -0.480 e. The largest absolute Gasteiger partial charge is 0.480 e. The van der Waals surface area contributed by atoms with E-state index in [1.807, 2.05) is 17.5 Å². The number of rotatable bonds is 3. The molecule has 2 aromatic rings. The highest BCUT2D eigenvalue weighted by Crippen LogP contribution is 2.25. The third kappa shape index (κ3) is 1.75. The number of hydrogen-bond donors (Lipinski definition) is 1. The molecule has 1 atom stereocenters. The highest BCUT2D eigenvalue weighted by molar-refractivity contribution is 7.13. The lowest BCUT2D eigenvalue weighted by Crippen LogP contribution is -2.17. The molecule has 1 unspecified atom stereocenters. The van der Waals surface area contributed by atoms with Crippen molar-refractivity contribution in [3.63, 3.8) is 0 Å². The molecule has 6 heteroatoms. The Balaban J connectivity index is 2.43. The molecule has 0 aliphatic carbocycles. The summed E-state index contributed by atoms with van der Waals surface area (Å²) in [6.45, 7) is 1.58. The lowest BCUT2D eigenvalue weighted by molar-refractivity contribution is -0.140. The average Bonchev–Trinajstić information content (AvgIpc) is 2.86. The Bertz CT molecular complexity index is 463. The zero-order chi connectivity index (χ0) is 10.8. The number of aromatic nitrogens is 3. The van der Waals surface area contributed by atoms with E-state index in [2.05, 4.69) is 10.3 Å². The molecule has 0 aliphatic rings. The van der Waals surface area contributed by atoms with Gasteiger partial charge in [0.2, 0.25) is 0 Å². The molecule has 1 N–H and O–H groups in total. The van der Waals surface area contributed by atoms with Crippen molar-refractivity contribution in [1.82, 2.24) is 15.0 Å². The highest BCUT2D eigenvalue weighted by Gasteiger charge is 2.18. The van der Waals surface area contributed by atoms with E-state index < -0.39 is 12.0 Å². The van der Waals surface area contributed by atoms with Gasteiger partial charge in [-0.1, -0.05) is 11.3 Å². The molecule has 5 nitrogen and oxygen atoms in total. The maximum absolute atomic E-state index is 10.8. The zero-order valence-corrected chi connectivity index (χ0v) is 8.81. The first-order valence-electron chi connectivity index (χ1n) is 4.37. The fourth-order valence-electron chi connectivity index (χ4n) is 1.23. The van der Waals surface area contributed by atoms with Gasteiger partial charge in [-0.3, -0.25) is 0 Å². The van der Waals surface area contributed by atoms with Gasteiger partial charge in [-0.2, -0.15) is 0 Å². The Morgan fingerprint density at radius 3 is 3.07 bits per heavy atom. The molecule has 0 aliphatic heterocycles. The van der Waals surface area contributed by atoms with Gasteiger partial charge in [0.15, 0.2) is 0 Å². The summed E-state index contributed by atoms with van der Waals surface area (Å²) in [5, 5.41) is 18.3. The van der Waals surface area contributed by atoms with Crippen molar-refractivity contribution in [1.29, 1.82) is 0 Å². The van der Waals surface area contributed by atoms with Gasteiger partial charge in [-0.25, -0.2) is 9.48 Å². The van der Waals surface area contributed by atoms with E-state index >= 15 is 0 Å². The molecule has 78 valence electrons. The van der Waals surface area contributed by atoms with Gasteiger partial charge < -0.3 is 5.11 Å². The van der Waals surface area contributed by atoms with Crippen LogP contribution in [0.3, 0.4) is 0 Å². The van der Waals surface area contributed by atoms with Gasteiger partial charge in [-0.15, -0.1) is 16.4 Å². The fourth-order valence-corrected chi connectivity index (χ4v) is 1.96. The molecule has 0 amide bonds. The van der Waals surface area contributed by atoms with Crippen LogP contribution in [0, 0.1) is 0 Å². The Morgan fingerprint density at radius 2 is 2.47 bits per heavy atom. The molecule has 2 rings (SSSR count). The predicted molar refractivity (Wildman–Crippen MR) is 55.7 cm³/mol. The molecule has 0 saturated heterocycles. The van der Waals surface area contributed by atoms with Crippen molar-refractivity contribution in [3.05, 3.63) is 23.7 Å². The van der Waals surface area contributed by atoms with Crippen LogP contribution < -0.4 is 0 Å². The molecular formula is C9H9N3O2S. The van der Waals surface area contributed by atoms with Crippen molar-refractivity contribution in [3.8, 4) is 10.6 Å². The Labute approximate surface area is 90.0 Å². The van der Waals surface area contributed by atoms with Crippen LogP contribution in [0.2, 0.25) is 0 Å². The van der Waals surface area contributed by atoms with Crippen molar-refractivity contribution < 1.29 is 9.90 Å². The van der Waals surface area contributed by atoms with E-state index in [0.717, 1.165) is 10.6 Å². The van der Waals surface area contributed by atoms with Crippen LogP contribution in [0.15, 0.2) is 23.7 Å². The summed E-state index contributed by atoms with van der Waals surface area (Å²) in [5.74, 6) is -0.918. The number of carboxylic acid groups (broad SMARTS) is 1. The standard InChI is InChI=1S/C9H9N3O2S/c1-6(9(13)14)12-7(5-10-11-12)8-3-2-4-15-8/h2-6H,1H3,(H,13,14). The smallest absolute Gasteiger partial charge is 0.328 e. The maximum Gasteiger partial charge on any atom is 0.328 e. The Kier molecular flexibility index (Phi) is 2.51.